The molecule has 0 saturated carbocycles. The fourth-order valence-corrected chi connectivity index (χ4v) is 2.16. The van der Waals surface area contributed by atoms with Crippen molar-refractivity contribution >= 4 is 5.91 Å². The Morgan fingerprint density at radius 3 is 2.68 bits per heavy atom. The Hall–Kier alpha value is -1.75. The van der Waals surface area contributed by atoms with E-state index >= 15 is 0 Å². The molecule has 19 heavy (non-hydrogen) atoms. The molecule has 1 aromatic carbocycles. The number of rotatable bonds is 3. The second-order valence-electron chi connectivity index (χ2n) is 4.49. The van der Waals surface area contributed by atoms with Crippen LogP contribution >= 0.6 is 0 Å². The van der Waals surface area contributed by atoms with Crippen molar-refractivity contribution < 1.29 is 19.0 Å². The van der Waals surface area contributed by atoms with E-state index in [-0.39, 0.29) is 11.9 Å². The van der Waals surface area contributed by atoms with Gasteiger partial charge in [-0.2, -0.15) is 0 Å². The maximum Gasteiger partial charge on any atom is 0.254 e. The minimum atomic E-state index is -0.00301. The highest BCUT2D eigenvalue weighted by molar-refractivity contribution is 5.95. The maximum atomic E-state index is 12.5. The predicted molar refractivity (Wildman–Crippen MR) is 70.9 cm³/mol. The molecular weight excluding hydrogens is 246 g/mol. The minimum absolute atomic E-state index is 0.00301. The van der Waals surface area contributed by atoms with E-state index in [1.54, 1.807) is 32.4 Å². The maximum absolute atomic E-state index is 12.5. The Morgan fingerprint density at radius 1 is 1.32 bits per heavy atom. The number of nitrogens with zero attached hydrogens (tertiary/aromatic N) is 1. The molecule has 1 saturated heterocycles. The number of morpholine rings is 1. The van der Waals surface area contributed by atoms with Crippen LogP contribution < -0.4 is 9.47 Å². The highest BCUT2D eigenvalue weighted by Gasteiger charge is 2.25. The molecule has 5 nitrogen and oxygen atoms in total. The number of hydrogen-bond donors (Lipinski definition) is 0. The first-order valence-electron chi connectivity index (χ1n) is 6.28. The Balaban J connectivity index is 2.23. The number of carbonyl (C=O) groups is 1. The van der Waals surface area contributed by atoms with Crippen molar-refractivity contribution in [3.63, 3.8) is 0 Å². The molecule has 0 bridgehead atoms. The van der Waals surface area contributed by atoms with Crippen molar-refractivity contribution in [2.24, 2.45) is 0 Å². The number of amides is 1. The van der Waals surface area contributed by atoms with Crippen LogP contribution in [-0.2, 0) is 4.74 Å². The molecule has 1 amide bonds. The van der Waals surface area contributed by atoms with Crippen molar-refractivity contribution in [1.29, 1.82) is 0 Å². The average molecular weight is 265 g/mol. The topological polar surface area (TPSA) is 48.0 Å². The van der Waals surface area contributed by atoms with E-state index in [1.165, 1.54) is 0 Å². The number of benzene rings is 1. The molecule has 1 aromatic rings. The van der Waals surface area contributed by atoms with Crippen LogP contribution in [0.2, 0.25) is 0 Å². The highest BCUT2D eigenvalue weighted by Crippen LogP contribution is 2.28. The van der Waals surface area contributed by atoms with E-state index in [2.05, 4.69) is 0 Å². The van der Waals surface area contributed by atoms with Crippen molar-refractivity contribution in [3.05, 3.63) is 23.8 Å². The van der Waals surface area contributed by atoms with Crippen LogP contribution in [0.3, 0.4) is 0 Å². The van der Waals surface area contributed by atoms with Crippen LogP contribution in [0, 0.1) is 0 Å². The summed E-state index contributed by atoms with van der Waals surface area (Å²) < 4.78 is 15.7. The fraction of sp³-hybridized carbons (Fsp3) is 0.500. The van der Waals surface area contributed by atoms with E-state index in [0.29, 0.717) is 36.8 Å². The second-order valence-corrected chi connectivity index (χ2v) is 4.49. The standard InChI is InChI=1S/C14H19NO4/c1-10-9-19-7-6-15(10)14(16)11-4-5-12(17-2)13(8-11)18-3/h4-5,8,10H,6-7,9H2,1-3H3/t10-/m1/s1. The van der Waals surface area contributed by atoms with Crippen LogP contribution in [0.15, 0.2) is 18.2 Å². The number of hydrogen-bond acceptors (Lipinski definition) is 4. The highest BCUT2D eigenvalue weighted by atomic mass is 16.5. The van der Waals surface area contributed by atoms with Crippen molar-refractivity contribution in [1.82, 2.24) is 4.90 Å². The summed E-state index contributed by atoms with van der Waals surface area (Å²) in [4.78, 5) is 14.3. The average Bonchev–Trinajstić information content (AvgIpc) is 2.46. The van der Waals surface area contributed by atoms with Gasteiger partial charge in [-0.15, -0.1) is 0 Å². The summed E-state index contributed by atoms with van der Waals surface area (Å²) in [6, 6.07) is 5.31. The Morgan fingerprint density at radius 2 is 2.05 bits per heavy atom. The first-order chi connectivity index (χ1) is 9.17. The third kappa shape index (κ3) is 2.81. The Kier molecular flexibility index (Phi) is 4.27. The van der Waals surface area contributed by atoms with Crippen LogP contribution in [0.4, 0.5) is 0 Å². The number of ether oxygens (including phenoxy) is 3. The number of carbonyl (C=O) groups excluding carboxylic acids is 1. The molecule has 1 aliphatic rings. The molecule has 0 aliphatic carbocycles. The predicted octanol–water partition coefficient (Wildman–Crippen LogP) is 1.56. The molecular formula is C14H19NO4. The molecule has 1 aliphatic heterocycles. The van der Waals surface area contributed by atoms with E-state index in [1.807, 2.05) is 11.8 Å². The van der Waals surface area contributed by atoms with Gasteiger partial charge in [0.05, 0.1) is 33.5 Å². The second kappa shape index (κ2) is 5.93. The molecule has 5 heteroatoms. The van der Waals surface area contributed by atoms with Gasteiger partial charge in [0.25, 0.3) is 5.91 Å². The fourth-order valence-electron chi connectivity index (χ4n) is 2.16. The van der Waals surface area contributed by atoms with Gasteiger partial charge < -0.3 is 19.1 Å². The monoisotopic (exact) mass is 265 g/mol. The van der Waals surface area contributed by atoms with Gasteiger partial charge in [-0.05, 0) is 25.1 Å². The van der Waals surface area contributed by atoms with Crippen LogP contribution in [0.25, 0.3) is 0 Å². The van der Waals surface area contributed by atoms with Crippen molar-refractivity contribution in [3.8, 4) is 11.5 Å². The zero-order valence-electron chi connectivity index (χ0n) is 11.5. The summed E-state index contributed by atoms with van der Waals surface area (Å²) >= 11 is 0. The van der Waals surface area contributed by atoms with Crippen LogP contribution in [0.5, 0.6) is 11.5 Å². The van der Waals surface area contributed by atoms with Crippen LogP contribution in [-0.4, -0.2) is 50.8 Å². The summed E-state index contributed by atoms with van der Waals surface area (Å²) in [6.07, 6.45) is 0. The quantitative estimate of drug-likeness (QED) is 0.832. The largest absolute Gasteiger partial charge is 0.493 e. The van der Waals surface area contributed by atoms with Gasteiger partial charge in [0.15, 0.2) is 11.5 Å². The van der Waals surface area contributed by atoms with E-state index < -0.39 is 0 Å². The Labute approximate surface area is 113 Å². The molecule has 2 rings (SSSR count). The lowest BCUT2D eigenvalue weighted by molar-refractivity contribution is 0.00358. The van der Waals surface area contributed by atoms with E-state index in [9.17, 15) is 4.79 Å². The molecule has 1 atom stereocenters. The van der Waals surface area contributed by atoms with E-state index in [4.69, 9.17) is 14.2 Å². The van der Waals surface area contributed by atoms with Gasteiger partial charge in [0, 0.05) is 12.1 Å². The smallest absolute Gasteiger partial charge is 0.254 e. The molecule has 0 N–H and O–H groups in total. The lowest BCUT2D eigenvalue weighted by Crippen LogP contribution is -2.47. The normalized spacial score (nSPS) is 19.1. The summed E-state index contributed by atoms with van der Waals surface area (Å²) in [5, 5.41) is 0. The molecule has 104 valence electrons. The third-order valence-electron chi connectivity index (χ3n) is 3.26. The first-order valence-corrected chi connectivity index (χ1v) is 6.28. The van der Waals surface area contributed by atoms with Gasteiger partial charge in [0.2, 0.25) is 0 Å². The summed E-state index contributed by atoms with van der Waals surface area (Å²) in [5.41, 5.74) is 0.603. The summed E-state index contributed by atoms with van der Waals surface area (Å²) in [5.74, 6) is 1.18. The lowest BCUT2D eigenvalue weighted by Gasteiger charge is -2.33. The molecule has 0 radical (unpaired) electrons. The molecule has 1 fully saturated rings. The SMILES string of the molecule is COc1ccc(C(=O)N2CCOC[C@H]2C)cc1OC. The molecule has 0 spiro atoms. The zero-order valence-corrected chi connectivity index (χ0v) is 11.5. The zero-order chi connectivity index (χ0) is 13.8. The van der Waals surface area contributed by atoms with Crippen molar-refractivity contribution in [2.75, 3.05) is 34.0 Å². The number of methoxy groups -OCH3 is 2. The van der Waals surface area contributed by atoms with Gasteiger partial charge >= 0.3 is 0 Å². The molecule has 0 aromatic heterocycles. The van der Waals surface area contributed by atoms with Gasteiger partial charge in [-0.25, -0.2) is 0 Å². The summed E-state index contributed by atoms with van der Waals surface area (Å²) in [7, 11) is 3.13. The van der Waals surface area contributed by atoms with Gasteiger partial charge in [-0.1, -0.05) is 0 Å². The minimum Gasteiger partial charge on any atom is -0.493 e. The summed E-state index contributed by atoms with van der Waals surface area (Å²) in [6.45, 7) is 3.77. The van der Waals surface area contributed by atoms with E-state index in [0.717, 1.165) is 0 Å². The van der Waals surface area contributed by atoms with Gasteiger partial charge in [0.1, 0.15) is 0 Å². The lowest BCUT2D eigenvalue weighted by atomic mass is 10.1. The molecule has 1 heterocycles. The van der Waals surface area contributed by atoms with Crippen molar-refractivity contribution in [2.45, 2.75) is 13.0 Å². The third-order valence-corrected chi connectivity index (χ3v) is 3.26. The first kappa shape index (κ1) is 13.7. The van der Waals surface area contributed by atoms with Crippen LogP contribution in [0.1, 0.15) is 17.3 Å². The molecule has 0 unspecified atom stereocenters. The Bertz CT molecular complexity index is 461. The van der Waals surface area contributed by atoms with Gasteiger partial charge in [-0.3, -0.25) is 4.79 Å².